The summed E-state index contributed by atoms with van der Waals surface area (Å²) in [4.78, 5) is 8.74. The number of nitrogens with one attached hydrogen (secondary N) is 2. The second kappa shape index (κ2) is 9.09. The number of benzene rings is 2. The van der Waals surface area contributed by atoms with E-state index >= 15 is 0 Å². The van der Waals surface area contributed by atoms with Crippen molar-refractivity contribution in [1.29, 1.82) is 0 Å². The van der Waals surface area contributed by atoms with Gasteiger partial charge >= 0.3 is 0 Å². The number of hydrogen-bond acceptors (Lipinski definition) is 6. The Morgan fingerprint density at radius 1 is 1.00 bits per heavy atom. The maximum absolute atomic E-state index is 6.06. The van der Waals surface area contributed by atoms with E-state index in [0.717, 1.165) is 30.1 Å². The molecule has 2 aromatic carbocycles. The highest BCUT2D eigenvalue weighted by atomic mass is 35.5. The summed E-state index contributed by atoms with van der Waals surface area (Å²) >= 11 is 6.06. The third-order valence-corrected chi connectivity index (χ3v) is 4.19. The SMILES string of the molecule is COc1ccccc1CCNc1ccnc(Nc2cc(Cl)ccc2OC)n1. The summed E-state index contributed by atoms with van der Waals surface area (Å²) in [6.07, 6.45) is 2.51. The molecule has 3 aromatic rings. The predicted molar refractivity (Wildman–Crippen MR) is 109 cm³/mol. The topological polar surface area (TPSA) is 68.3 Å². The van der Waals surface area contributed by atoms with Crippen LogP contribution >= 0.6 is 11.6 Å². The number of anilines is 3. The molecule has 0 radical (unpaired) electrons. The lowest BCUT2D eigenvalue weighted by Crippen LogP contribution is -2.08. The van der Waals surface area contributed by atoms with E-state index in [1.165, 1.54) is 0 Å². The number of ether oxygens (including phenoxy) is 2. The maximum atomic E-state index is 6.06. The largest absolute Gasteiger partial charge is 0.496 e. The van der Waals surface area contributed by atoms with Gasteiger partial charge in [-0.15, -0.1) is 0 Å². The first-order valence-corrected chi connectivity index (χ1v) is 8.87. The quantitative estimate of drug-likeness (QED) is 0.594. The van der Waals surface area contributed by atoms with Crippen molar-refractivity contribution < 1.29 is 9.47 Å². The van der Waals surface area contributed by atoms with Gasteiger partial charge in [-0.25, -0.2) is 4.98 Å². The van der Waals surface area contributed by atoms with Crippen molar-refractivity contribution in [2.45, 2.75) is 6.42 Å². The van der Waals surface area contributed by atoms with Gasteiger partial charge < -0.3 is 20.1 Å². The molecule has 2 N–H and O–H groups in total. The van der Waals surface area contributed by atoms with Gasteiger partial charge in [-0.3, -0.25) is 0 Å². The smallest absolute Gasteiger partial charge is 0.229 e. The number of methoxy groups -OCH3 is 2. The second-order valence-electron chi connectivity index (χ2n) is 5.72. The second-order valence-corrected chi connectivity index (χ2v) is 6.16. The average molecular weight is 385 g/mol. The van der Waals surface area contributed by atoms with Gasteiger partial charge in [0.1, 0.15) is 17.3 Å². The van der Waals surface area contributed by atoms with Crippen molar-refractivity contribution in [2.75, 3.05) is 31.4 Å². The van der Waals surface area contributed by atoms with Gasteiger partial charge in [0.15, 0.2) is 0 Å². The Hall–Kier alpha value is -2.99. The molecular formula is C20H21ClN4O2. The predicted octanol–water partition coefficient (Wildman–Crippen LogP) is 4.55. The molecular weight excluding hydrogens is 364 g/mol. The van der Waals surface area contributed by atoms with Crippen LogP contribution in [0.2, 0.25) is 5.02 Å². The van der Waals surface area contributed by atoms with Crippen LogP contribution in [0, 0.1) is 0 Å². The van der Waals surface area contributed by atoms with Crippen molar-refractivity contribution in [1.82, 2.24) is 9.97 Å². The Balaban J connectivity index is 1.65. The average Bonchev–Trinajstić information content (AvgIpc) is 2.69. The first-order chi connectivity index (χ1) is 13.2. The molecule has 140 valence electrons. The van der Waals surface area contributed by atoms with Crippen molar-refractivity contribution in [3.05, 3.63) is 65.3 Å². The molecule has 0 aliphatic rings. The molecule has 1 aromatic heterocycles. The molecule has 27 heavy (non-hydrogen) atoms. The number of rotatable bonds is 8. The first-order valence-electron chi connectivity index (χ1n) is 8.49. The van der Waals surface area contributed by atoms with E-state index < -0.39 is 0 Å². The molecule has 0 saturated carbocycles. The molecule has 0 aliphatic carbocycles. The van der Waals surface area contributed by atoms with Crippen LogP contribution in [0.4, 0.5) is 17.5 Å². The number of aromatic nitrogens is 2. The van der Waals surface area contributed by atoms with Crippen molar-refractivity contribution in [3.8, 4) is 11.5 Å². The van der Waals surface area contributed by atoms with E-state index in [0.29, 0.717) is 22.4 Å². The maximum Gasteiger partial charge on any atom is 0.229 e. The molecule has 0 bridgehead atoms. The fourth-order valence-corrected chi connectivity index (χ4v) is 2.82. The molecule has 1 heterocycles. The molecule has 0 unspecified atom stereocenters. The van der Waals surface area contributed by atoms with Gasteiger partial charge in [0.05, 0.1) is 19.9 Å². The zero-order valence-corrected chi connectivity index (χ0v) is 16.0. The van der Waals surface area contributed by atoms with E-state index in [4.69, 9.17) is 21.1 Å². The molecule has 0 fully saturated rings. The Kier molecular flexibility index (Phi) is 6.33. The minimum absolute atomic E-state index is 0.456. The molecule has 0 amide bonds. The van der Waals surface area contributed by atoms with E-state index in [1.807, 2.05) is 24.3 Å². The van der Waals surface area contributed by atoms with Crippen LogP contribution in [0.15, 0.2) is 54.7 Å². The van der Waals surface area contributed by atoms with Gasteiger partial charge in [0.2, 0.25) is 5.95 Å². The summed E-state index contributed by atoms with van der Waals surface area (Å²) in [5, 5.41) is 7.05. The summed E-state index contributed by atoms with van der Waals surface area (Å²) in [5.41, 5.74) is 1.85. The zero-order valence-electron chi connectivity index (χ0n) is 15.2. The van der Waals surface area contributed by atoms with Crippen LogP contribution in [0.25, 0.3) is 0 Å². The number of halogens is 1. The van der Waals surface area contributed by atoms with Gasteiger partial charge in [0, 0.05) is 17.8 Å². The molecule has 7 heteroatoms. The van der Waals surface area contributed by atoms with Crippen LogP contribution in [0.5, 0.6) is 11.5 Å². The highest BCUT2D eigenvalue weighted by Gasteiger charge is 2.07. The summed E-state index contributed by atoms with van der Waals surface area (Å²) in [5.74, 6) is 2.73. The van der Waals surface area contributed by atoms with E-state index in [2.05, 4.69) is 26.7 Å². The lowest BCUT2D eigenvalue weighted by Gasteiger charge is -2.12. The standard InChI is InChI=1S/C20H21ClN4O2/c1-26-17-6-4-3-5-14(17)9-11-22-19-10-12-23-20(25-19)24-16-13-15(21)7-8-18(16)27-2/h3-8,10,12-13H,9,11H2,1-2H3,(H2,22,23,24,25). The molecule has 0 saturated heterocycles. The molecule has 0 aliphatic heterocycles. The lowest BCUT2D eigenvalue weighted by molar-refractivity contribution is 0.410. The van der Waals surface area contributed by atoms with Gasteiger partial charge in [-0.05, 0) is 42.3 Å². The summed E-state index contributed by atoms with van der Waals surface area (Å²) < 4.78 is 10.7. The van der Waals surface area contributed by atoms with Crippen molar-refractivity contribution >= 4 is 29.1 Å². The fraction of sp³-hybridized carbons (Fsp3) is 0.200. The van der Waals surface area contributed by atoms with Gasteiger partial charge in [-0.1, -0.05) is 29.8 Å². The minimum Gasteiger partial charge on any atom is -0.496 e. The summed E-state index contributed by atoms with van der Waals surface area (Å²) in [6, 6.07) is 15.1. The summed E-state index contributed by atoms with van der Waals surface area (Å²) in [7, 11) is 3.28. The van der Waals surface area contributed by atoms with Crippen molar-refractivity contribution in [3.63, 3.8) is 0 Å². The van der Waals surface area contributed by atoms with Crippen LogP contribution in [0.1, 0.15) is 5.56 Å². The monoisotopic (exact) mass is 384 g/mol. The van der Waals surface area contributed by atoms with E-state index in [1.54, 1.807) is 38.6 Å². The van der Waals surface area contributed by atoms with E-state index in [9.17, 15) is 0 Å². The highest BCUT2D eigenvalue weighted by Crippen LogP contribution is 2.29. The molecule has 6 nitrogen and oxygen atoms in total. The van der Waals surface area contributed by atoms with Crippen molar-refractivity contribution in [2.24, 2.45) is 0 Å². The van der Waals surface area contributed by atoms with E-state index in [-0.39, 0.29) is 0 Å². The van der Waals surface area contributed by atoms with Gasteiger partial charge in [-0.2, -0.15) is 4.98 Å². The lowest BCUT2D eigenvalue weighted by atomic mass is 10.1. The Labute approximate surface area is 163 Å². The molecule has 0 atom stereocenters. The van der Waals surface area contributed by atoms with Crippen LogP contribution < -0.4 is 20.1 Å². The van der Waals surface area contributed by atoms with Crippen LogP contribution in [-0.2, 0) is 6.42 Å². The third kappa shape index (κ3) is 5.01. The molecule has 3 rings (SSSR count). The van der Waals surface area contributed by atoms with Crippen LogP contribution in [0.3, 0.4) is 0 Å². The highest BCUT2D eigenvalue weighted by molar-refractivity contribution is 6.31. The number of para-hydroxylation sites is 1. The van der Waals surface area contributed by atoms with Crippen LogP contribution in [-0.4, -0.2) is 30.7 Å². The number of hydrogen-bond donors (Lipinski definition) is 2. The normalized spacial score (nSPS) is 10.3. The fourth-order valence-electron chi connectivity index (χ4n) is 2.65. The first kappa shape index (κ1) is 18.8. The molecule has 0 spiro atoms. The Bertz CT molecular complexity index is 905. The zero-order chi connectivity index (χ0) is 19.1. The number of nitrogens with zero attached hydrogens (tertiary/aromatic N) is 2. The summed E-state index contributed by atoms with van der Waals surface area (Å²) in [6.45, 7) is 0.720. The third-order valence-electron chi connectivity index (χ3n) is 3.96. The Morgan fingerprint density at radius 2 is 1.81 bits per heavy atom. The Morgan fingerprint density at radius 3 is 2.63 bits per heavy atom. The minimum atomic E-state index is 0.456. The van der Waals surface area contributed by atoms with Gasteiger partial charge in [0.25, 0.3) is 0 Å².